The van der Waals surface area contributed by atoms with Crippen LogP contribution in [0.15, 0.2) is 36.4 Å². The van der Waals surface area contributed by atoms with Crippen LogP contribution in [-0.2, 0) is 15.4 Å². The molecule has 1 fully saturated rings. The fourth-order valence-corrected chi connectivity index (χ4v) is 5.84. The van der Waals surface area contributed by atoms with Crippen molar-refractivity contribution >= 4 is 31.7 Å². The Kier molecular flexibility index (Phi) is 9.73. The van der Waals surface area contributed by atoms with Gasteiger partial charge in [0, 0.05) is 36.1 Å². The largest absolute Gasteiger partial charge is 0.417 e. The predicted molar refractivity (Wildman–Crippen MR) is 145 cm³/mol. The van der Waals surface area contributed by atoms with Crippen molar-refractivity contribution in [2.75, 3.05) is 13.2 Å². The van der Waals surface area contributed by atoms with Crippen molar-refractivity contribution in [1.29, 1.82) is 0 Å². The van der Waals surface area contributed by atoms with Gasteiger partial charge in [0.2, 0.25) is 5.91 Å². The van der Waals surface area contributed by atoms with Crippen molar-refractivity contribution in [3.05, 3.63) is 69.7 Å². The number of carbonyl (C=O) groups excluding carboxylic acids is 2. The van der Waals surface area contributed by atoms with Gasteiger partial charge in [-0.1, -0.05) is 32.4 Å². The maximum Gasteiger partial charge on any atom is 0.416 e. The molecule has 2 N–H and O–H groups in total. The van der Waals surface area contributed by atoms with Gasteiger partial charge in [-0.15, -0.1) is 0 Å². The highest BCUT2D eigenvalue weighted by atomic mass is 35.5. The van der Waals surface area contributed by atoms with Gasteiger partial charge in [0.25, 0.3) is 5.91 Å². The minimum atomic E-state index is -4.83. The minimum Gasteiger partial charge on any atom is -0.417 e. The van der Waals surface area contributed by atoms with Crippen molar-refractivity contribution in [3.8, 4) is 0 Å². The van der Waals surface area contributed by atoms with Gasteiger partial charge in [-0.2, -0.15) is 13.2 Å². The summed E-state index contributed by atoms with van der Waals surface area (Å²) in [5, 5.41) is 5.59. The third-order valence-corrected chi connectivity index (χ3v) is 12.7. The standard InChI is InChI=1S/C28H34ClF5N2O3Si/c1-27(2,3)40(4,5)39-9-8-16-12-24(37)36-25(21-14-19(30)6-7-23(21)29)22(16)15-35-26(38)17-10-18(28(32,33)34)13-20(31)11-17/h6-7,10-11,13-14,16,22,25H,8-9,12,15H2,1-5H3,(H,35,38)(H,36,37)/t16?,22-,25+/m1/s1. The van der Waals surface area contributed by atoms with Crippen molar-refractivity contribution in [3.63, 3.8) is 0 Å². The molecule has 0 aromatic heterocycles. The van der Waals surface area contributed by atoms with Gasteiger partial charge < -0.3 is 15.1 Å². The topological polar surface area (TPSA) is 67.4 Å². The lowest BCUT2D eigenvalue weighted by Crippen LogP contribution is -2.49. The van der Waals surface area contributed by atoms with Gasteiger partial charge in [0.15, 0.2) is 8.32 Å². The second kappa shape index (κ2) is 12.2. The first kappa shape index (κ1) is 32.0. The Hall–Kier alpha value is -2.50. The first-order valence-electron chi connectivity index (χ1n) is 12.9. The maximum absolute atomic E-state index is 14.2. The van der Waals surface area contributed by atoms with Crippen LogP contribution in [0.4, 0.5) is 22.0 Å². The van der Waals surface area contributed by atoms with Crippen LogP contribution in [-0.4, -0.2) is 33.3 Å². The highest BCUT2D eigenvalue weighted by Crippen LogP contribution is 2.40. The van der Waals surface area contributed by atoms with Gasteiger partial charge >= 0.3 is 6.18 Å². The Morgan fingerprint density at radius 1 is 1.10 bits per heavy atom. The molecule has 12 heteroatoms. The lowest BCUT2D eigenvalue weighted by atomic mass is 9.76. The molecule has 0 saturated carbocycles. The van der Waals surface area contributed by atoms with E-state index in [9.17, 15) is 31.5 Å². The van der Waals surface area contributed by atoms with Gasteiger partial charge in [-0.05, 0) is 72.4 Å². The molecule has 0 spiro atoms. The van der Waals surface area contributed by atoms with Crippen LogP contribution in [0.25, 0.3) is 0 Å². The lowest BCUT2D eigenvalue weighted by Gasteiger charge is -2.40. The first-order valence-corrected chi connectivity index (χ1v) is 16.2. The van der Waals surface area contributed by atoms with Gasteiger partial charge in [0.1, 0.15) is 11.6 Å². The smallest absolute Gasteiger partial charge is 0.416 e. The number of piperidine rings is 1. The van der Waals surface area contributed by atoms with Gasteiger partial charge in [0.05, 0.1) is 11.6 Å². The molecule has 1 aliphatic rings. The van der Waals surface area contributed by atoms with E-state index in [1.54, 1.807) is 0 Å². The van der Waals surface area contributed by atoms with Gasteiger partial charge in [-0.3, -0.25) is 9.59 Å². The van der Waals surface area contributed by atoms with Crippen LogP contribution in [0.2, 0.25) is 23.2 Å². The zero-order valence-corrected chi connectivity index (χ0v) is 24.8. The van der Waals surface area contributed by atoms with Crippen LogP contribution < -0.4 is 10.6 Å². The normalized spacial score (nSPS) is 20.3. The van der Waals surface area contributed by atoms with E-state index >= 15 is 0 Å². The second-order valence-electron chi connectivity index (χ2n) is 11.7. The molecule has 5 nitrogen and oxygen atoms in total. The molecule has 1 aliphatic heterocycles. The molecule has 1 unspecified atom stereocenters. The summed E-state index contributed by atoms with van der Waals surface area (Å²) >= 11 is 6.37. The molecule has 2 aromatic rings. The summed E-state index contributed by atoms with van der Waals surface area (Å²) in [6, 6.07) is 4.57. The highest BCUT2D eigenvalue weighted by Gasteiger charge is 2.41. The van der Waals surface area contributed by atoms with E-state index in [1.807, 2.05) is 0 Å². The van der Waals surface area contributed by atoms with Crippen LogP contribution >= 0.6 is 11.6 Å². The summed E-state index contributed by atoms with van der Waals surface area (Å²) in [5.41, 5.74) is -1.47. The summed E-state index contributed by atoms with van der Waals surface area (Å²) in [6.45, 7) is 10.8. The molecular formula is C28H34ClF5N2O3Si. The minimum absolute atomic E-state index is 0.0395. The number of rotatable bonds is 8. The van der Waals surface area contributed by atoms with Gasteiger partial charge in [-0.25, -0.2) is 8.78 Å². The van der Waals surface area contributed by atoms with Crippen LogP contribution in [0.1, 0.15) is 61.1 Å². The number of hydrogen-bond donors (Lipinski definition) is 2. The third-order valence-electron chi connectivity index (χ3n) is 7.83. The van der Waals surface area contributed by atoms with Crippen molar-refractivity contribution < 1.29 is 36.0 Å². The highest BCUT2D eigenvalue weighted by molar-refractivity contribution is 6.74. The number of amides is 2. The summed E-state index contributed by atoms with van der Waals surface area (Å²) in [5.74, 6) is -3.82. The molecule has 3 atom stereocenters. The maximum atomic E-state index is 14.2. The van der Waals surface area contributed by atoms with E-state index in [1.165, 1.54) is 18.2 Å². The quantitative estimate of drug-likeness (QED) is 0.246. The average molecular weight is 605 g/mol. The van der Waals surface area contributed by atoms with E-state index in [2.05, 4.69) is 44.5 Å². The Balaban J connectivity index is 1.88. The van der Waals surface area contributed by atoms with Crippen LogP contribution in [0, 0.1) is 23.5 Å². The molecule has 2 amide bonds. The molecule has 1 heterocycles. The Bertz CT molecular complexity index is 1250. The number of carbonyl (C=O) groups is 2. The molecule has 0 aliphatic carbocycles. The zero-order chi connectivity index (χ0) is 30.0. The summed E-state index contributed by atoms with van der Waals surface area (Å²) < 4.78 is 73.9. The van der Waals surface area contributed by atoms with Crippen LogP contribution in [0.3, 0.4) is 0 Å². The van der Waals surface area contributed by atoms with E-state index in [0.29, 0.717) is 30.7 Å². The average Bonchev–Trinajstić information content (AvgIpc) is 2.82. The lowest BCUT2D eigenvalue weighted by molar-refractivity contribution is -0.137. The fraction of sp³-hybridized carbons (Fsp3) is 0.500. The molecule has 0 bridgehead atoms. The molecule has 3 rings (SSSR count). The van der Waals surface area contributed by atoms with Crippen molar-refractivity contribution in [2.24, 2.45) is 11.8 Å². The SMILES string of the molecule is CC(C)(C)[Si](C)(C)OCCC1CC(=O)N[C@@H](c2cc(F)ccc2Cl)[C@@H]1CNC(=O)c1cc(F)cc(C(F)(F)F)c1. The number of halogens is 6. The van der Waals surface area contributed by atoms with E-state index in [-0.39, 0.29) is 34.9 Å². The summed E-state index contributed by atoms with van der Waals surface area (Å²) in [7, 11) is -2.10. The first-order chi connectivity index (χ1) is 18.4. The van der Waals surface area contributed by atoms with Crippen molar-refractivity contribution in [1.82, 2.24) is 10.6 Å². The monoisotopic (exact) mass is 604 g/mol. The molecule has 1 saturated heterocycles. The Morgan fingerprint density at radius 2 is 1.77 bits per heavy atom. The fourth-order valence-electron chi connectivity index (χ4n) is 4.54. The third kappa shape index (κ3) is 7.82. The molecular weight excluding hydrogens is 571 g/mol. The summed E-state index contributed by atoms with van der Waals surface area (Å²) in [6.07, 6.45) is -4.29. The summed E-state index contributed by atoms with van der Waals surface area (Å²) in [4.78, 5) is 25.6. The molecule has 40 heavy (non-hydrogen) atoms. The van der Waals surface area contributed by atoms with E-state index in [0.717, 1.165) is 6.07 Å². The second-order valence-corrected chi connectivity index (χ2v) is 16.9. The van der Waals surface area contributed by atoms with E-state index in [4.69, 9.17) is 16.0 Å². The molecule has 0 radical (unpaired) electrons. The number of hydrogen-bond acceptors (Lipinski definition) is 3. The predicted octanol–water partition coefficient (Wildman–Crippen LogP) is 7.27. The number of nitrogens with one attached hydrogen (secondary N) is 2. The number of alkyl halides is 3. The molecule has 2 aromatic carbocycles. The number of benzene rings is 2. The Labute approximate surface area is 236 Å². The Morgan fingerprint density at radius 3 is 2.40 bits per heavy atom. The molecule has 220 valence electrons. The zero-order valence-electron chi connectivity index (χ0n) is 23.0. The van der Waals surface area contributed by atoms with Crippen molar-refractivity contribution in [2.45, 2.75) is 64.0 Å². The van der Waals surface area contributed by atoms with E-state index < -0.39 is 55.1 Å². The van der Waals surface area contributed by atoms with Crippen LogP contribution in [0.5, 0.6) is 0 Å².